The molecule has 242 valence electrons. The Morgan fingerprint density at radius 2 is 1.70 bits per heavy atom. The van der Waals surface area contributed by atoms with Crippen molar-refractivity contribution in [3.05, 3.63) is 59.8 Å². The number of aromatic nitrogens is 1. The fraction of sp³-hybridized carbons (Fsp3) is 0.500. The molecule has 2 rings (SSSR count). The van der Waals surface area contributed by atoms with Gasteiger partial charge in [0.15, 0.2) is 0 Å². The van der Waals surface area contributed by atoms with Crippen molar-refractivity contribution in [1.29, 1.82) is 0 Å². The Hall–Kier alpha value is -3.85. The molecule has 0 radical (unpaired) electrons. The van der Waals surface area contributed by atoms with Crippen LogP contribution in [0.1, 0.15) is 37.9 Å². The van der Waals surface area contributed by atoms with Gasteiger partial charge in [0, 0.05) is 20.4 Å². The SMILES string of the molecule is CC(C)(C)OC(=O)NCC=O.CNc1cc(C(COC)N(C)CC(F)(F)CNC=O)ccn1.FC(F)(F)c1ccccc1. The molecule has 1 heterocycles. The Bertz CT molecular complexity index is 1090. The van der Waals surface area contributed by atoms with Crippen molar-refractivity contribution in [2.24, 2.45) is 0 Å². The number of hydrogen-bond acceptors (Lipinski definition) is 8. The molecule has 0 bridgehead atoms. The largest absolute Gasteiger partial charge is 0.444 e. The van der Waals surface area contributed by atoms with Crippen LogP contribution >= 0.6 is 0 Å². The molecule has 0 saturated heterocycles. The summed E-state index contributed by atoms with van der Waals surface area (Å²) in [7, 11) is 4.85. The number of methoxy groups -OCH3 is 1. The molecule has 2 amide bonds. The lowest BCUT2D eigenvalue weighted by atomic mass is 10.1. The standard InChI is InChI=1S/C14H22F2N4O2.C7H5F3.C7H13NO3/c1-17-13-6-11(4-5-19-13)12(7-22-3)20(2)9-14(15,16)8-18-10-21;8-7(9,10)6-4-2-1-3-5-6;1-7(2,3)11-6(10)8-4-5-9/h4-6,10,12H,7-9H2,1-3H3,(H,17,19)(H,18,21);1-5H;5H,4H2,1-3H3,(H,8,10). The second-order valence-electron chi connectivity index (χ2n) is 9.88. The predicted octanol–water partition coefficient (Wildman–Crippen LogP) is 4.54. The summed E-state index contributed by atoms with van der Waals surface area (Å²) >= 11 is 0. The van der Waals surface area contributed by atoms with Gasteiger partial charge in [-0.25, -0.2) is 18.6 Å². The van der Waals surface area contributed by atoms with Gasteiger partial charge >= 0.3 is 12.3 Å². The van der Waals surface area contributed by atoms with Gasteiger partial charge in [0.25, 0.3) is 5.92 Å². The molecule has 0 aliphatic carbocycles. The van der Waals surface area contributed by atoms with Crippen molar-refractivity contribution in [3.63, 3.8) is 0 Å². The number of carbonyl (C=O) groups is 3. The van der Waals surface area contributed by atoms with Crippen LogP contribution in [0.4, 0.5) is 32.6 Å². The van der Waals surface area contributed by atoms with E-state index in [9.17, 15) is 36.3 Å². The number of nitrogens with one attached hydrogen (secondary N) is 3. The molecule has 0 aliphatic rings. The summed E-state index contributed by atoms with van der Waals surface area (Å²) in [4.78, 5) is 36.3. The van der Waals surface area contributed by atoms with Crippen LogP contribution in [0.25, 0.3) is 0 Å². The van der Waals surface area contributed by atoms with Crippen molar-refractivity contribution in [3.8, 4) is 0 Å². The smallest absolute Gasteiger partial charge is 0.416 e. The number of nitrogens with zero attached hydrogens (tertiary/aromatic N) is 2. The molecule has 0 saturated carbocycles. The highest BCUT2D eigenvalue weighted by atomic mass is 19.4. The van der Waals surface area contributed by atoms with E-state index in [1.165, 1.54) is 24.1 Å². The maximum Gasteiger partial charge on any atom is 0.416 e. The second kappa shape index (κ2) is 19.4. The van der Waals surface area contributed by atoms with Crippen molar-refractivity contribution < 1.29 is 45.8 Å². The summed E-state index contributed by atoms with van der Waals surface area (Å²) in [5, 5.41) is 7.19. The number of anilines is 1. The van der Waals surface area contributed by atoms with E-state index in [1.54, 1.807) is 59.3 Å². The van der Waals surface area contributed by atoms with Crippen LogP contribution in [-0.4, -0.2) is 87.6 Å². The van der Waals surface area contributed by atoms with Crippen LogP contribution in [-0.2, 0) is 25.2 Å². The number of hydrogen-bond donors (Lipinski definition) is 3. The molecule has 1 atom stereocenters. The van der Waals surface area contributed by atoms with Crippen LogP contribution in [0, 0.1) is 0 Å². The van der Waals surface area contributed by atoms with Gasteiger partial charge < -0.3 is 30.2 Å². The van der Waals surface area contributed by atoms with Gasteiger partial charge in [0.2, 0.25) is 6.41 Å². The summed E-state index contributed by atoms with van der Waals surface area (Å²) in [5.41, 5.74) is -0.287. The highest BCUT2D eigenvalue weighted by Crippen LogP contribution is 2.28. The number of carbonyl (C=O) groups excluding carboxylic acids is 3. The lowest BCUT2D eigenvalue weighted by molar-refractivity contribution is -0.137. The number of alkyl carbamates (subject to hydrolysis) is 1. The van der Waals surface area contributed by atoms with Gasteiger partial charge in [-0.3, -0.25) is 9.69 Å². The summed E-state index contributed by atoms with van der Waals surface area (Å²) in [6.45, 7) is 4.34. The molecular weight excluding hydrogens is 581 g/mol. The average Bonchev–Trinajstić information content (AvgIpc) is 2.93. The first-order valence-electron chi connectivity index (χ1n) is 12.9. The van der Waals surface area contributed by atoms with Crippen molar-refractivity contribution >= 4 is 24.6 Å². The average molecular weight is 622 g/mol. The molecule has 15 heteroatoms. The third-order valence-corrected chi connectivity index (χ3v) is 5.04. The number of likely N-dealkylation sites (N-methyl/N-ethyl adjacent to an activating group) is 1. The third-order valence-electron chi connectivity index (χ3n) is 5.04. The number of halogens is 5. The van der Waals surface area contributed by atoms with Gasteiger partial charge in [0.1, 0.15) is 17.7 Å². The highest BCUT2D eigenvalue weighted by molar-refractivity contribution is 5.71. The Labute approximate surface area is 248 Å². The zero-order chi connectivity index (χ0) is 33.1. The van der Waals surface area contributed by atoms with E-state index in [0.29, 0.717) is 12.1 Å². The molecule has 10 nitrogen and oxygen atoms in total. The number of amides is 2. The molecule has 1 aromatic heterocycles. The molecule has 3 N–H and O–H groups in total. The molecule has 0 aliphatic heterocycles. The lowest BCUT2D eigenvalue weighted by Gasteiger charge is -2.31. The van der Waals surface area contributed by atoms with E-state index in [2.05, 4.69) is 15.6 Å². The predicted molar refractivity (Wildman–Crippen MR) is 152 cm³/mol. The normalized spacial score (nSPS) is 12.0. The fourth-order valence-corrected chi connectivity index (χ4v) is 3.21. The zero-order valence-corrected chi connectivity index (χ0v) is 25.0. The summed E-state index contributed by atoms with van der Waals surface area (Å²) in [5.74, 6) is -2.37. The molecule has 1 aromatic carbocycles. The first kappa shape index (κ1) is 39.1. The first-order chi connectivity index (χ1) is 20.0. The third kappa shape index (κ3) is 18.3. The minimum atomic E-state index is -4.21. The van der Waals surface area contributed by atoms with E-state index >= 15 is 0 Å². The van der Waals surface area contributed by atoms with E-state index in [-0.39, 0.29) is 25.6 Å². The maximum atomic E-state index is 13.8. The minimum absolute atomic E-state index is 0.00505. The number of aldehydes is 1. The van der Waals surface area contributed by atoms with Crippen molar-refractivity contribution in [1.82, 2.24) is 20.5 Å². The van der Waals surface area contributed by atoms with Crippen molar-refractivity contribution in [2.45, 2.75) is 44.5 Å². The monoisotopic (exact) mass is 621 g/mol. The van der Waals surface area contributed by atoms with Gasteiger partial charge in [-0.1, -0.05) is 30.3 Å². The first-order valence-corrected chi connectivity index (χ1v) is 12.9. The summed E-state index contributed by atoms with van der Waals surface area (Å²) in [6.07, 6.45) is -2.29. The minimum Gasteiger partial charge on any atom is -0.444 e. The number of benzene rings is 1. The van der Waals surface area contributed by atoms with Gasteiger partial charge in [-0.2, -0.15) is 13.2 Å². The van der Waals surface area contributed by atoms with Crippen LogP contribution < -0.4 is 16.0 Å². The fourth-order valence-electron chi connectivity index (χ4n) is 3.21. The van der Waals surface area contributed by atoms with Crippen molar-refractivity contribution in [2.75, 3.05) is 52.8 Å². The molecule has 43 heavy (non-hydrogen) atoms. The highest BCUT2D eigenvalue weighted by Gasteiger charge is 2.33. The van der Waals surface area contributed by atoms with E-state index in [1.807, 2.05) is 5.32 Å². The van der Waals surface area contributed by atoms with Crippen LogP contribution in [0.15, 0.2) is 48.7 Å². The summed E-state index contributed by atoms with van der Waals surface area (Å²) in [6, 6.07) is 9.58. The van der Waals surface area contributed by atoms with Crippen LogP contribution in [0.5, 0.6) is 0 Å². The Morgan fingerprint density at radius 3 is 2.16 bits per heavy atom. The van der Waals surface area contributed by atoms with Gasteiger partial charge in [-0.05, 0) is 45.5 Å². The van der Waals surface area contributed by atoms with Crippen LogP contribution in [0.3, 0.4) is 0 Å². The van der Waals surface area contributed by atoms with E-state index < -0.39 is 42.4 Å². The number of rotatable bonds is 12. The molecule has 0 fully saturated rings. The maximum absolute atomic E-state index is 13.8. The number of pyridine rings is 1. The van der Waals surface area contributed by atoms with Crippen LogP contribution in [0.2, 0.25) is 0 Å². The number of alkyl halides is 5. The molecular formula is C28H40F5N5O5. The number of ether oxygens (including phenoxy) is 2. The molecule has 0 spiro atoms. The zero-order valence-electron chi connectivity index (χ0n) is 25.0. The van der Waals surface area contributed by atoms with Gasteiger partial charge in [0.05, 0.1) is 37.8 Å². The Kier molecular flexibility index (Phi) is 17.6. The van der Waals surface area contributed by atoms with E-state index in [0.717, 1.165) is 17.7 Å². The second-order valence-corrected chi connectivity index (χ2v) is 9.88. The molecule has 2 aromatic rings. The summed E-state index contributed by atoms with van der Waals surface area (Å²) < 4.78 is 72.9. The molecule has 1 unspecified atom stereocenters. The Morgan fingerprint density at radius 1 is 1.07 bits per heavy atom. The Balaban J connectivity index is 0.000000699. The van der Waals surface area contributed by atoms with Gasteiger partial charge in [-0.15, -0.1) is 0 Å². The van der Waals surface area contributed by atoms with E-state index in [4.69, 9.17) is 9.47 Å². The lowest BCUT2D eigenvalue weighted by Crippen LogP contribution is -2.43. The topological polar surface area (TPSA) is 122 Å². The quantitative estimate of drug-likeness (QED) is 0.233.